The van der Waals surface area contributed by atoms with E-state index in [1.807, 2.05) is 0 Å². The van der Waals surface area contributed by atoms with Crippen LogP contribution in [-0.2, 0) is 12.6 Å². The van der Waals surface area contributed by atoms with E-state index in [2.05, 4.69) is 4.98 Å². The Hall–Kier alpha value is -1.20. The molecule has 0 radical (unpaired) electrons. The van der Waals surface area contributed by atoms with Crippen LogP contribution in [0.2, 0.25) is 5.02 Å². The van der Waals surface area contributed by atoms with Gasteiger partial charge in [-0.3, -0.25) is 0 Å². The summed E-state index contributed by atoms with van der Waals surface area (Å²) in [5.74, 6) is 0. The second kappa shape index (κ2) is 4.23. The normalized spacial score (nSPS) is 12.3. The van der Waals surface area contributed by atoms with Gasteiger partial charge in [0.15, 0.2) is 0 Å². The molecule has 6 heteroatoms. The molecule has 1 aromatic heterocycles. The smallest absolute Gasteiger partial charge is 0.351 e. The number of halogens is 4. The average molecular weight is 263 g/mol. The zero-order valence-electron chi connectivity index (χ0n) is 8.74. The molecule has 0 unspecified atom stereocenters. The van der Waals surface area contributed by atoms with Crippen LogP contribution in [0.25, 0.3) is 10.9 Å². The van der Waals surface area contributed by atoms with Gasteiger partial charge in [-0.25, -0.2) is 0 Å². The number of rotatable bonds is 2. The highest BCUT2D eigenvalue weighted by Crippen LogP contribution is 2.36. The average Bonchev–Trinajstić information content (AvgIpc) is 2.56. The number of nitrogens with two attached hydrogens (primary N) is 1. The van der Waals surface area contributed by atoms with Crippen molar-refractivity contribution in [1.82, 2.24) is 4.98 Å². The Morgan fingerprint density at radius 1 is 1.29 bits per heavy atom. The SMILES string of the molecule is NCCc1c(C(F)(F)F)[nH]c2cc(Cl)ccc12. The number of aromatic amines is 1. The van der Waals surface area contributed by atoms with Crippen LogP contribution in [0.1, 0.15) is 11.3 Å². The van der Waals surface area contributed by atoms with Crippen LogP contribution < -0.4 is 5.73 Å². The van der Waals surface area contributed by atoms with Crippen LogP contribution in [-0.4, -0.2) is 11.5 Å². The first-order valence-corrected chi connectivity index (χ1v) is 5.38. The van der Waals surface area contributed by atoms with Crippen molar-refractivity contribution in [3.05, 3.63) is 34.5 Å². The Bertz CT molecular complexity index is 545. The topological polar surface area (TPSA) is 41.8 Å². The van der Waals surface area contributed by atoms with E-state index >= 15 is 0 Å². The predicted octanol–water partition coefficient (Wildman–Crippen LogP) is 3.34. The number of hydrogen-bond donors (Lipinski definition) is 2. The third-order valence-electron chi connectivity index (χ3n) is 2.55. The third kappa shape index (κ3) is 2.25. The molecule has 0 saturated heterocycles. The number of hydrogen-bond acceptors (Lipinski definition) is 1. The molecule has 92 valence electrons. The molecule has 0 aliphatic heterocycles. The number of aromatic nitrogens is 1. The van der Waals surface area contributed by atoms with E-state index in [-0.39, 0.29) is 18.5 Å². The van der Waals surface area contributed by atoms with Crippen molar-refractivity contribution >= 4 is 22.5 Å². The van der Waals surface area contributed by atoms with Crippen LogP contribution in [0, 0.1) is 0 Å². The number of H-pyrrole nitrogens is 1. The van der Waals surface area contributed by atoms with Crippen molar-refractivity contribution in [1.29, 1.82) is 0 Å². The number of alkyl halides is 3. The van der Waals surface area contributed by atoms with Gasteiger partial charge in [-0.15, -0.1) is 0 Å². The van der Waals surface area contributed by atoms with E-state index in [9.17, 15) is 13.2 Å². The maximum absolute atomic E-state index is 12.8. The van der Waals surface area contributed by atoms with Crippen LogP contribution >= 0.6 is 11.6 Å². The Morgan fingerprint density at radius 2 is 2.00 bits per heavy atom. The van der Waals surface area contributed by atoms with E-state index in [0.29, 0.717) is 15.9 Å². The Morgan fingerprint density at radius 3 is 2.59 bits per heavy atom. The standard InChI is InChI=1S/C11H10ClF3N2/c12-6-1-2-7-8(3-4-16)10(11(13,14)15)17-9(7)5-6/h1-2,5,17H,3-4,16H2. The fourth-order valence-electron chi connectivity index (χ4n) is 1.87. The molecular formula is C11H10ClF3N2. The molecule has 2 aromatic rings. The minimum Gasteiger partial charge on any atom is -0.351 e. The first kappa shape index (κ1) is 12.3. The van der Waals surface area contributed by atoms with Crippen LogP contribution in [0.15, 0.2) is 18.2 Å². The summed E-state index contributed by atoms with van der Waals surface area (Å²) in [6.45, 7) is 0.165. The predicted molar refractivity (Wildman–Crippen MR) is 61.1 cm³/mol. The highest BCUT2D eigenvalue weighted by atomic mass is 35.5. The van der Waals surface area contributed by atoms with E-state index in [0.717, 1.165) is 0 Å². The molecule has 0 aliphatic rings. The Balaban J connectivity index is 2.70. The summed E-state index contributed by atoms with van der Waals surface area (Å²) in [4.78, 5) is 2.36. The molecule has 0 saturated carbocycles. The molecule has 2 rings (SSSR count). The summed E-state index contributed by atoms with van der Waals surface area (Å²) >= 11 is 5.75. The molecule has 0 spiro atoms. The van der Waals surface area contributed by atoms with Crippen molar-refractivity contribution in [2.24, 2.45) is 5.73 Å². The minimum atomic E-state index is -4.41. The molecular weight excluding hydrogens is 253 g/mol. The lowest BCUT2D eigenvalue weighted by molar-refractivity contribution is -0.141. The van der Waals surface area contributed by atoms with E-state index in [1.165, 1.54) is 6.07 Å². The summed E-state index contributed by atoms with van der Waals surface area (Å²) < 4.78 is 38.4. The molecule has 0 fully saturated rings. The van der Waals surface area contributed by atoms with Crippen LogP contribution in [0.4, 0.5) is 13.2 Å². The second-order valence-corrected chi connectivity index (χ2v) is 4.14. The van der Waals surface area contributed by atoms with Crippen LogP contribution in [0.5, 0.6) is 0 Å². The lowest BCUT2D eigenvalue weighted by Gasteiger charge is -2.07. The Kier molecular flexibility index (Phi) is 3.05. The highest BCUT2D eigenvalue weighted by Gasteiger charge is 2.35. The van der Waals surface area contributed by atoms with Gasteiger partial charge in [0.05, 0.1) is 0 Å². The van der Waals surface area contributed by atoms with Gasteiger partial charge >= 0.3 is 6.18 Å². The summed E-state index contributed by atoms with van der Waals surface area (Å²) in [5, 5.41) is 0.916. The van der Waals surface area contributed by atoms with Crippen molar-refractivity contribution < 1.29 is 13.2 Å². The van der Waals surface area contributed by atoms with Crippen LogP contribution in [0.3, 0.4) is 0 Å². The molecule has 1 aromatic carbocycles. The van der Waals surface area contributed by atoms with Gasteiger partial charge in [0.25, 0.3) is 0 Å². The molecule has 17 heavy (non-hydrogen) atoms. The molecule has 0 amide bonds. The number of benzene rings is 1. The third-order valence-corrected chi connectivity index (χ3v) is 2.78. The van der Waals surface area contributed by atoms with Gasteiger partial charge in [-0.1, -0.05) is 17.7 Å². The molecule has 0 atom stereocenters. The lowest BCUT2D eigenvalue weighted by atomic mass is 10.1. The first-order chi connectivity index (χ1) is 7.93. The molecule has 3 N–H and O–H groups in total. The molecule has 1 heterocycles. The number of nitrogens with one attached hydrogen (secondary N) is 1. The van der Waals surface area contributed by atoms with Gasteiger partial charge in [0, 0.05) is 15.9 Å². The van der Waals surface area contributed by atoms with Gasteiger partial charge in [0.1, 0.15) is 5.69 Å². The number of fused-ring (bicyclic) bond motifs is 1. The van der Waals surface area contributed by atoms with E-state index in [4.69, 9.17) is 17.3 Å². The highest BCUT2D eigenvalue weighted by molar-refractivity contribution is 6.31. The Labute approximate surface area is 101 Å². The lowest BCUT2D eigenvalue weighted by Crippen LogP contribution is -2.11. The summed E-state index contributed by atoms with van der Waals surface area (Å²) in [7, 11) is 0. The summed E-state index contributed by atoms with van der Waals surface area (Å²) in [6, 6.07) is 4.62. The van der Waals surface area contributed by atoms with Crippen molar-refractivity contribution in [3.63, 3.8) is 0 Å². The van der Waals surface area contributed by atoms with Crippen molar-refractivity contribution in [2.45, 2.75) is 12.6 Å². The first-order valence-electron chi connectivity index (χ1n) is 5.01. The van der Waals surface area contributed by atoms with Gasteiger partial charge < -0.3 is 10.7 Å². The largest absolute Gasteiger partial charge is 0.431 e. The van der Waals surface area contributed by atoms with Gasteiger partial charge in [-0.2, -0.15) is 13.2 Å². The van der Waals surface area contributed by atoms with Crippen molar-refractivity contribution in [2.75, 3.05) is 6.54 Å². The van der Waals surface area contributed by atoms with Gasteiger partial charge in [0.2, 0.25) is 0 Å². The fraction of sp³-hybridized carbons (Fsp3) is 0.273. The summed E-state index contributed by atoms with van der Waals surface area (Å²) in [6.07, 6.45) is -4.23. The zero-order chi connectivity index (χ0) is 12.6. The fourth-order valence-corrected chi connectivity index (χ4v) is 2.05. The monoisotopic (exact) mass is 262 g/mol. The van der Waals surface area contributed by atoms with Gasteiger partial charge in [-0.05, 0) is 30.7 Å². The second-order valence-electron chi connectivity index (χ2n) is 3.70. The minimum absolute atomic E-state index is 0.165. The summed E-state index contributed by atoms with van der Waals surface area (Å²) in [5.41, 5.74) is 5.19. The van der Waals surface area contributed by atoms with E-state index in [1.54, 1.807) is 12.1 Å². The maximum atomic E-state index is 12.8. The molecule has 2 nitrogen and oxygen atoms in total. The van der Waals surface area contributed by atoms with Crippen molar-refractivity contribution in [3.8, 4) is 0 Å². The quantitative estimate of drug-likeness (QED) is 0.856. The molecule has 0 aliphatic carbocycles. The zero-order valence-corrected chi connectivity index (χ0v) is 9.49. The maximum Gasteiger partial charge on any atom is 0.431 e. The van der Waals surface area contributed by atoms with E-state index < -0.39 is 11.9 Å². The molecule has 0 bridgehead atoms.